The lowest BCUT2D eigenvalue weighted by atomic mass is 10.2. The quantitative estimate of drug-likeness (QED) is 0.835. The van der Waals surface area contributed by atoms with E-state index in [9.17, 15) is 0 Å². The molecule has 1 N–H and O–H groups in total. The fourth-order valence-corrected chi connectivity index (χ4v) is 3.51. The van der Waals surface area contributed by atoms with Crippen molar-refractivity contribution in [2.75, 3.05) is 25.4 Å². The highest BCUT2D eigenvalue weighted by atomic mass is 32.2. The molecule has 0 aliphatic carbocycles. The first-order valence-corrected chi connectivity index (χ1v) is 7.96. The van der Waals surface area contributed by atoms with Crippen LogP contribution in [0.3, 0.4) is 0 Å². The minimum Gasteiger partial charge on any atom is -0.362 e. The van der Waals surface area contributed by atoms with Gasteiger partial charge in [-0.3, -0.25) is 9.89 Å². The van der Waals surface area contributed by atoms with E-state index in [2.05, 4.69) is 24.1 Å². The molecule has 2 atom stereocenters. The zero-order chi connectivity index (χ0) is 12.1. The Morgan fingerprint density at radius 3 is 2.94 bits per heavy atom. The number of nitrogens with one attached hydrogen (secondary N) is 1. The van der Waals surface area contributed by atoms with Crippen molar-refractivity contribution in [3.8, 4) is 0 Å². The second-order valence-corrected chi connectivity index (χ2v) is 6.21. The van der Waals surface area contributed by atoms with Gasteiger partial charge in [-0.2, -0.15) is 0 Å². The molecule has 0 aromatic heterocycles. The van der Waals surface area contributed by atoms with Crippen LogP contribution >= 0.6 is 11.8 Å². The van der Waals surface area contributed by atoms with Crippen molar-refractivity contribution < 1.29 is 0 Å². The molecular formula is C13H25N3S. The van der Waals surface area contributed by atoms with Gasteiger partial charge in [-0.05, 0) is 45.7 Å². The molecule has 0 amide bonds. The molecule has 2 unspecified atom stereocenters. The number of likely N-dealkylation sites (tertiary alicyclic amines) is 1. The van der Waals surface area contributed by atoms with Gasteiger partial charge in [0, 0.05) is 17.8 Å². The lowest BCUT2D eigenvalue weighted by molar-refractivity contribution is 0.265. The molecule has 2 fully saturated rings. The lowest BCUT2D eigenvalue weighted by Gasteiger charge is -2.26. The monoisotopic (exact) mass is 255 g/mol. The molecular weight excluding hydrogens is 230 g/mol. The Balaban J connectivity index is 1.78. The summed E-state index contributed by atoms with van der Waals surface area (Å²) in [4.78, 5) is 7.32. The van der Waals surface area contributed by atoms with Crippen molar-refractivity contribution in [1.82, 2.24) is 10.2 Å². The van der Waals surface area contributed by atoms with E-state index < -0.39 is 0 Å². The molecule has 98 valence electrons. The van der Waals surface area contributed by atoms with Gasteiger partial charge in [0.1, 0.15) is 0 Å². The van der Waals surface area contributed by atoms with Crippen LogP contribution in [0.15, 0.2) is 4.99 Å². The zero-order valence-corrected chi connectivity index (χ0v) is 11.9. The third-order valence-corrected chi connectivity index (χ3v) is 4.75. The van der Waals surface area contributed by atoms with Crippen LogP contribution < -0.4 is 5.32 Å². The summed E-state index contributed by atoms with van der Waals surface area (Å²) in [5, 5.41) is 4.72. The molecule has 2 saturated heterocycles. The first-order chi connectivity index (χ1) is 8.29. The van der Waals surface area contributed by atoms with Crippen LogP contribution in [0.5, 0.6) is 0 Å². The number of rotatable bonds is 4. The third-order valence-electron chi connectivity index (χ3n) is 3.79. The Morgan fingerprint density at radius 2 is 2.24 bits per heavy atom. The number of hydrogen-bond acceptors (Lipinski definition) is 3. The van der Waals surface area contributed by atoms with E-state index in [1.807, 2.05) is 11.8 Å². The second kappa shape index (κ2) is 6.64. The predicted molar refractivity (Wildman–Crippen MR) is 76.9 cm³/mol. The van der Waals surface area contributed by atoms with Crippen molar-refractivity contribution in [2.24, 2.45) is 4.99 Å². The highest BCUT2D eigenvalue weighted by Gasteiger charge is 2.19. The molecule has 3 nitrogen and oxygen atoms in total. The van der Waals surface area contributed by atoms with E-state index in [1.165, 1.54) is 49.7 Å². The molecule has 2 heterocycles. The van der Waals surface area contributed by atoms with E-state index >= 15 is 0 Å². The molecule has 4 heteroatoms. The maximum Gasteiger partial charge on any atom is 0.156 e. The van der Waals surface area contributed by atoms with Crippen LogP contribution in [-0.4, -0.2) is 47.5 Å². The topological polar surface area (TPSA) is 27.6 Å². The zero-order valence-electron chi connectivity index (χ0n) is 11.1. The summed E-state index contributed by atoms with van der Waals surface area (Å²) in [7, 11) is 0. The van der Waals surface area contributed by atoms with Crippen LogP contribution in [0.2, 0.25) is 0 Å². The standard InChI is InChI=1S/C13H25N3S/c1-3-12-6-9-17-13(15-12)14-10-11(2)16-7-4-5-8-16/h11-12H,3-10H2,1-2H3,(H,14,15). The molecule has 0 radical (unpaired) electrons. The summed E-state index contributed by atoms with van der Waals surface area (Å²) in [5.41, 5.74) is 0. The van der Waals surface area contributed by atoms with Gasteiger partial charge < -0.3 is 5.32 Å². The van der Waals surface area contributed by atoms with Gasteiger partial charge in [-0.1, -0.05) is 18.7 Å². The highest BCUT2D eigenvalue weighted by Crippen LogP contribution is 2.16. The predicted octanol–water partition coefficient (Wildman–Crippen LogP) is 2.33. The fourth-order valence-electron chi connectivity index (χ4n) is 2.50. The van der Waals surface area contributed by atoms with E-state index in [0.29, 0.717) is 12.1 Å². The first-order valence-electron chi connectivity index (χ1n) is 6.97. The summed E-state index contributed by atoms with van der Waals surface area (Å²) in [6.07, 6.45) is 5.22. The second-order valence-electron chi connectivity index (χ2n) is 5.12. The van der Waals surface area contributed by atoms with Gasteiger partial charge >= 0.3 is 0 Å². The average Bonchev–Trinajstić information content (AvgIpc) is 2.90. The molecule has 0 aromatic carbocycles. The number of amidine groups is 1. The van der Waals surface area contributed by atoms with Crippen molar-refractivity contribution in [2.45, 2.75) is 51.6 Å². The van der Waals surface area contributed by atoms with Gasteiger partial charge in [0.15, 0.2) is 5.17 Å². The van der Waals surface area contributed by atoms with E-state index in [4.69, 9.17) is 4.99 Å². The summed E-state index contributed by atoms with van der Waals surface area (Å²) in [6, 6.07) is 1.26. The van der Waals surface area contributed by atoms with Crippen LogP contribution in [0.1, 0.15) is 39.5 Å². The Morgan fingerprint density at radius 1 is 1.47 bits per heavy atom. The lowest BCUT2D eigenvalue weighted by Crippen LogP contribution is -2.38. The molecule has 2 aliphatic heterocycles. The van der Waals surface area contributed by atoms with Gasteiger partial charge in [-0.25, -0.2) is 0 Å². The first kappa shape index (κ1) is 13.2. The third kappa shape index (κ3) is 3.88. The molecule has 2 rings (SSSR count). The fraction of sp³-hybridized carbons (Fsp3) is 0.923. The SMILES string of the molecule is CCC1CCSC(=NCC(C)N2CCCC2)N1. The Kier molecular flexibility index (Phi) is 5.16. The maximum atomic E-state index is 4.75. The van der Waals surface area contributed by atoms with E-state index in [1.54, 1.807) is 0 Å². The molecule has 2 aliphatic rings. The minimum atomic E-state index is 0.606. The molecule has 0 saturated carbocycles. The van der Waals surface area contributed by atoms with Gasteiger partial charge in [0.05, 0.1) is 6.54 Å². The largest absolute Gasteiger partial charge is 0.362 e. The highest BCUT2D eigenvalue weighted by molar-refractivity contribution is 8.13. The smallest absolute Gasteiger partial charge is 0.156 e. The Hall–Kier alpha value is -0.220. The van der Waals surface area contributed by atoms with Gasteiger partial charge in [0.25, 0.3) is 0 Å². The molecule has 0 bridgehead atoms. The van der Waals surface area contributed by atoms with Crippen molar-refractivity contribution in [3.63, 3.8) is 0 Å². The van der Waals surface area contributed by atoms with Gasteiger partial charge in [0.2, 0.25) is 0 Å². The maximum absolute atomic E-state index is 4.75. The molecule has 0 spiro atoms. The van der Waals surface area contributed by atoms with E-state index in [-0.39, 0.29) is 0 Å². The van der Waals surface area contributed by atoms with Gasteiger partial charge in [-0.15, -0.1) is 0 Å². The average molecular weight is 255 g/mol. The van der Waals surface area contributed by atoms with Crippen molar-refractivity contribution in [1.29, 1.82) is 0 Å². The van der Waals surface area contributed by atoms with Crippen molar-refractivity contribution >= 4 is 16.9 Å². The summed E-state index contributed by atoms with van der Waals surface area (Å²) < 4.78 is 0. The summed E-state index contributed by atoms with van der Waals surface area (Å²) in [5.74, 6) is 1.22. The van der Waals surface area contributed by atoms with Crippen LogP contribution in [0.25, 0.3) is 0 Å². The summed E-state index contributed by atoms with van der Waals surface area (Å²) >= 11 is 1.89. The Bertz CT molecular complexity index is 261. The summed E-state index contributed by atoms with van der Waals surface area (Å²) in [6.45, 7) is 8.04. The normalized spacial score (nSPS) is 30.5. The molecule has 0 aromatic rings. The number of nitrogens with zero attached hydrogens (tertiary/aromatic N) is 2. The number of hydrogen-bond donors (Lipinski definition) is 1. The number of thioether (sulfide) groups is 1. The molecule has 17 heavy (non-hydrogen) atoms. The number of aliphatic imine (C=N–C) groups is 1. The van der Waals surface area contributed by atoms with Crippen LogP contribution in [0.4, 0.5) is 0 Å². The van der Waals surface area contributed by atoms with Crippen molar-refractivity contribution in [3.05, 3.63) is 0 Å². The van der Waals surface area contributed by atoms with E-state index in [0.717, 1.165) is 6.54 Å². The van der Waals surface area contributed by atoms with Crippen LogP contribution in [0, 0.1) is 0 Å². The Labute approximate surface area is 109 Å². The minimum absolute atomic E-state index is 0.606. The van der Waals surface area contributed by atoms with Crippen LogP contribution in [-0.2, 0) is 0 Å².